The Morgan fingerprint density at radius 1 is 1.43 bits per heavy atom. The van der Waals surface area contributed by atoms with Gasteiger partial charge in [-0.25, -0.2) is 14.6 Å². The van der Waals surface area contributed by atoms with Gasteiger partial charge in [0.25, 0.3) is 0 Å². The molecule has 3 N–H and O–H groups in total. The van der Waals surface area contributed by atoms with Gasteiger partial charge in [0.1, 0.15) is 0 Å². The van der Waals surface area contributed by atoms with Crippen molar-refractivity contribution in [2.45, 2.75) is 32.0 Å². The highest BCUT2D eigenvalue weighted by Crippen LogP contribution is 2.30. The van der Waals surface area contributed by atoms with E-state index in [1.807, 2.05) is 0 Å². The molecule has 2 amide bonds. The molecule has 1 aromatic heterocycles. The minimum absolute atomic E-state index is 0.0442. The fourth-order valence-electron chi connectivity index (χ4n) is 1.34. The van der Waals surface area contributed by atoms with Gasteiger partial charge in [-0.3, -0.25) is 0 Å². The fourth-order valence-corrected chi connectivity index (χ4v) is 1.99. The summed E-state index contributed by atoms with van der Waals surface area (Å²) in [6.07, 6.45) is -4.77. The summed E-state index contributed by atoms with van der Waals surface area (Å²) in [4.78, 5) is 26.3. The molecule has 0 aromatic carbocycles. The van der Waals surface area contributed by atoms with E-state index in [2.05, 4.69) is 10.3 Å². The summed E-state index contributed by atoms with van der Waals surface area (Å²) in [5.74, 6) is -2.18. The number of alkyl halides is 3. The van der Waals surface area contributed by atoms with Gasteiger partial charge < -0.3 is 15.7 Å². The summed E-state index contributed by atoms with van der Waals surface area (Å²) in [7, 11) is 0. The van der Waals surface area contributed by atoms with E-state index in [1.54, 1.807) is 12.3 Å². The first-order valence-corrected chi connectivity index (χ1v) is 6.71. The lowest BCUT2D eigenvalue weighted by atomic mass is 10.0. The summed E-state index contributed by atoms with van der Waals surface area (Å²) in [6.45, 7) is 2.23. The molecule has 0 fully saturated rings. The highest BCUT2D eigenvalue weighted by atomic mass is 32.1. The van der Waals surface area contributed by atoms with E-state index < -0.39 is 23.7 Å². The summed E-state index contributed by atoms with van der Waals surface area (Å²) >= 11 is 1.41. The van der Waals surface area contributed by atoms with Crippen molar-refractivity contribution in [2.24, 2.45) is 0 Å². The van der Waals surface area contributed by atoms with Gasteiger partial charge in [0.15, 0.2) is 0 Å². The standard InChI is InChI=1S/C11H14F3N3O3S/c1-6-16-7(5-21-6)3-4-15-9(20)17-10(2,8(18)19)11(12,13)14/h5H,3-4H2,1-2H3,(H,18,19)(H2,15,17,20). The van der Waals surface area contributed by atoms with Gasteiger partial charge in [-0.2, -0.15) is 13.2 Å². The number of hydrogen-bond acceptors (Lipinski definition) is 4. The van der Waals surface area contributed by atoms with E-state index in [-0.39, 0.29) is 6.54 Å². The van der Waals surface area contributed by atoms with Crippen molar-refractivity contribution in [1.82, 2.24) is 15.6 Å². The molecule has 118 valence electrons. The Labute approximate surface area is 122 Å². The fraction of sp³-hybridized carbons (Fsp3) is 0.545. The molecule has 1 unspecified atom stereocenters. The number of carbonyl (C=O) groups is 2. The first kappa shape index (κ1) is 17.2. The van der Waals surface area contributed by atoms with Crippen LogP contribution >= 0.6 is 11.3 Å². The maximum Gasteiger partial charge on any atom is 0.422 e. The van der Waals surface area contributed by atoms with Crippen molar-refractivity contribution < 1.29 is 27.9 Å². The van der Waals surface area contributed by atoms with Gasteiger partial charge in [0.05, 0.1) is 10.7 Å². The number of amides is 2. The quantitative estimate of drug-likeness (QED) is 0.768. The van der Waals surface area contributed by atoms with E-state index >= 15 is 0 Å². The largest absolute Gasteiger partial charge is 0.479 e. The van der Waals surface area contributed by atoms with E-state index in [1.165, 1.54) is 16.7 Å². The molecule has 0 saturated heterocycles. The van der Waals surface area contributed by atoms with E-state index in [9.17, 15) is 22.8 Å². The van der Waals surface area contributed by atoms with E-state index in [0.717, 1.165) is 5.01 Å². The van der Waals surface area contributed by atoms with Crippen LogP contribution in [0.2, 0.25) is 0 Å². The smallest absolute Gasteiger partial charge is 0.422 e. The number of aliphatic carboxylic acids is 1. The Hall–Kier alpha value is -1.84. The predicted octanol–water partition coefficient (Wildman–Crippen LogP) is 1.70. The third kappa shape index (κ3) is 4.31. The van der Waals surface area contributed by atoms with E-state index in [4.69, 9.17) is 5.11 Å². The highest BCUT2D eigenvalue weighted by molar-refractivity contribution is 7.09. The number of thiazole rings is 1. The van der Waals surface area contributed by atoms with Crippen LogP contribution in [0.5, 0.6) is 0 Å². The molecule has 0 spiro atoms. The molecular weight excluding hydrogens is 311 g/mol. The molecule has 1 atom stereocenters. The Balaban J connectivity index is 2.54. The van der Waals surface area contributed by atoms with Crippen molar-refractivity contribution >= 4 is 23.3 Å². The molecule has 0 aliphatic heterocycles. The molecule has 10 heteroatoms. The summed E-state index contributed by atoms with van der Waals surface area (Å²) < 4.78 is 38.0. The first-order valence-electron chi connectivity index (χ1n) is 5.83. The van der Waals surface area contributed by atoms with Crippen molar-refractivity contribution in [3.05, 3.63) is 16.1 Å². The zero-order valence-corrected chi connectivity index (χ0v) is 12.1. The molecule has 0 saturated carbocycles. The second-order valence-corrected chi connectivity index (χ2v) is 5.48. The number of carboxylic acid groups (broad SMARTS) is 1. The Morgan fingerprint density at radius 2 is 2.05 bits per heavy atom. The summed E-state index contributed by atoms with van der Waals surface area (Å²) in [5, 5.41) is 14.9. The second kappa shape index (κ2) is 6.29. The van der Waals surface area contributed by atoms with Crippen LogP contribution in [0.15, 0.2) is 5.38 Å². The van der Waals surface area contributed by atoms with Crippen molar-refractivity contribution in [3.8, 4) is 0 Å². The number of halogens is 3. The van der Waals surface area contributed by atoms with Gasteiger partial charge in [-0.1, -0.05) is 0 Å². The van der Waals surface area contributed by atoms with Gasteiger partial charge in [-0.05, 0) is 13.8 Å². The van der Waals surface area contributed by atoms with Crippen LogP contribution in [0.3, 0.4) is 0 Å². The SMILES string of the molecule is Cc1nc(CCNC(=O)NC(C)(C(=O)O)C(F)(F)F)cs1. The molecular formula is C11H14F3N3O3S. The lowest BCUT2D eigenvalue weighted by Crippen LogP contribution is -2.63. The van der Waals surface area contributed by atoms with Crippen LogP contribution in [-0.2, 0) is 11.2 Å². The average Bonchev–Trinajstić information content (AvgIpc) is 2.73. The van der Waals surface area contributed by atoms with Crippen LogP contribution in [0.4, 0.5) is 18.0 Å². The molecule has 21 heavy (non-hydrogen) atoms. The maximum atomic E-state index is 12.7. The topological polar surface area (TPSA) is 91.3 Å². The van der Waals surface area contributed by atoms with Gasteiger partial charge in [0, 0.05) is 18.3 Å². The number of hydrogen-bond donors (Lipinski definition) is 3. The monoisotopic (exact) mass is 325 g/mol. The number of carboxylic acids is 1. The van der Waals surface area contributed by atoms with Crippen LogP contribution in [-0.4, -0.2) is 40.4 Å². The molecule has 0 aliphatic rings. The molecule has 1 aromatic rings. The van der Waals surface area contributed by atoms with Crippen molar-refractivity contribution in [3.63, 3.8) is 0 Å². The maximum absolute atomic E-state index is 12.7. The van der Waals surface area contributed by atoms with Crippen LogP contribution in [0.25, 0.3) is 0 Å². The first-order chi connectivity index (χ1) is 9.56. The van der Waals surface area contributed by atoms with Crippen molar-refractivity contribution in [1.29, 1.82) is 0 Å². The number of aromatic nitrogens is 1. The van der Waals surface area contributed by atoms with Crippen molar-refractivity contribution in [2.75, 3.05) is 6.54 Å². The molecule has 6 nitrogen and oxygen atoms in total. The number of urea groups is 1. The normalized spacial score (nSPS) is 14.3. The Morgan fingerprint density at radius 3 is 2.48 bits per heavy atom. The molecule has 1 heterocycles. The Kier molecular flexibility index (Phi) is 5.15. The number of rotatable bonds is 5. The summed E-state index contributed by atoms with van der Waals surface area (Å²) in [5.41, 5.74) is -2.64. The number of nitrogens with zero attached hydrogens (tertiary/aromatic N) is 1. The zero-order valence-electron chi connectivity index (χ0n) is 11.2. The highest BCUT2D eigenvalue weighted by Gasteiger charge is 2.58. The Bertz CT molecular complexity index is 532. The lowest BCUT2D eigenvalue weighted by Gasteiger charge is -2.28. The van der Waals surface area contributed by atoms with Crippen LogP contribution < -0.4 is 10.6 Å². The molecule has 1 rings (SSSR count). The number of carbonyl (C=O) groups excluding carboxylic acids is 1. The third-order valence-electron chi connectivity index (χ3n) is 2.69. The molecule has 0 radical (unpaired) electrons. The van der Waals surface area contributed by atoms with Gasteiger partial charge in [0.2, 0.25) is 5.54 Å². The second-order valence-electron chi connectivity index (χ2n) is 4.42. The summed E-state index contributed by atoms with van der Waals surface area (Å²) in [6, 6.07) is -1.20. The molecule has 0 aliphatic carbocycles. The van der Waals surface area contributed by atoms with E-state index in [0.29, 0.717) is 19.0 Å². The third-order valence-corrected chi connectivity index (χ3v) is 3.51. The van der Waals surface area contributed by atoms with Crippen LogP contribution in [0.1, 0.15) is 17.6 Å². The lowest BCUT2D eigenvalue weighted by molar-refractivity contribution is -0.203. The average molecular weight is 325 g/mol. The van der Waals surface area contributed by atoms with Gasteiger partial charge in [-0.15, -0.1) is 11.3 Å². The van der Waals surface area contributed by atoms with Gasteiger partial charge >= 0.3 is 18.2 Å². The number of aryl methyl sites for hydroxylation is 1. The number of nitrogens with one attached hydrogen (secondary N) is 2. The minimum Gasteiger partial charge on any atom is -0.479 e. The zero-order chi connectivity index (χ0) is 16.3. The van der Waals surface area contributed by atoms with Crippen LogP contribution in [0, 0.1) is 6.92 Å². The molecule has 0 bridgehead atoms. The minimum atomic E-state index is -5.11. The predicted molar refractivity (Wildman–Crippen MR) is 69.2 cm³/mol.